The molecule has 5 nitrogen and oxygen atoms in total. The van der Waals surface area contributed by atoms with E-state index in [1.807, 2.05) is 43.3 Å². The van der Waals surface area contributed by atoms with Gasteiger partial charge >= 0.3 is 5.97 Å². The van der Waals surface area contributed by atoms with Crippen molar-refractivity contribution in [3.05, 3.63) is 65.2 Å². The van der Waals surface area contributed by atoms with Crippen molar-refractivity contribution in [3.63, 3.8) is 0 Å². The summed E-state index contributed by atoms with van der Waals surface area (Å²) in [6, 6.07) is 16.1. The Morgan fingerprint density at radius 3 is 2.11 bits per heavy atom. The first kappa shape index (κ1) is 20.4. The Kier molecular flexibility index (Phi) is 7.46. The van der Waals surface area contributed by atoms with Gasteiger partial charge in [-0.05, 0) is 48.7 Å². The molecule has 0 bridgehead atoms. The van der Waals surface area contributed by atoms with Gasteiger partial charge in [-0.25, -0.2) is 4.79 Å². The van der Waals surface area contributed by atoms with Gasteiger partial charge in [0.15, 0.2) is 0 Å². The van der Waals surface area contributed by atoms with Crippen molar-refractivity contribution in [1.29, 1.82) is 0 Å². The molecular weight excluding hydrogens is 352 g/mol. The van der Waals surface area contributed by atoms with Crippen LogP contribution in [-0.4, -0.2) is 62.2 Å². The molecular formula is C23H30N2O3. The highest BCUT2D eigenvalue weighted by Crippen LogP contribution is 2.14. The van der Waals surface area contributed by atoms with Gasteiger partial charge in [0.05, 0.1) is 19.3 Å². The first-order valence-electron chi connectivity index (χ1n) is 10.0. The smallest absolute Gasteiger partial charge is 0.338 e. The number of carbonyl (C=O) groups is 1. The molecule has 28 heavy (non-hydrogen) atoms. The van der Waals surface area contributed by atoms with Crippen LogP contribution in [-0.2, 0) is 17.7 Å². The third kappa shape index (κ3) is 5.81. The number of benzene rings is 2. The summed E-state index contributed by atoms with van der Waals surface area (Å²) in [5, 5.41) is 0. The van der Waals surface area contributed by atoms with E-state index in [1.165, 1.54) is 11.1 Å². The van der Waals surface area contributed by atoms with Gasteiger partial charge in [0, 0.05) is 39.3 Å². The summed E-state index contributed by atoms with van der Waals surface area (Å²) in [4.78, 5) is 16.7. The summed E-state index contributed by atoms with van der Waals surface area (Å²) >= 11 is 0. The number of methoxy groups -OCH3 is 1. The van der Waals surface area contributed by atoms with Gasteiger partial charge < -0.3 is 14.4 Å². The Morgan fingerprint density at radius 1 is 0.893 bits per heavy atom. The van der Waals surface area contributed by atoms with E-state index in [9.17, 15) is 4.79 Å². The second-order valence-corrected chi connectivity index (χ2v) is 7.13. The fraction of sp³-hybridized carbons (Fsp3) is 0.435. The second-order valence-electron chi connectivity index (χ2n) is 7.13. The number of ether oxygens (including phenoxy) is 2. The maximum Gasteiger partial charge on any atom is 0.338 e. The summed E-state index contributed by atoms with van der Waals surface area (Å²) in [5.41, 5.74) is 3.21. The molecule has 1 saturated heterocycles. The lowest BCUT2D eigenvalue weighted by atomic mass is 10.1. The van der Waals surface area contributed by atoms with E-state index in [4.69, 9.17) is 9.47 Å². The second kappa shape index (κ2) is 10.2. The average molecular weight is 383 g/mol. The summed E-state index contributed by atoms with van der Waals surface area (Å²) in [6.45, 7) is 8.64. The molecule has 5 heteroatoms. The van der Waals surface area contributed by atoms with Crippen molar-refractivity contribution in [2.24, 2.45) is 0 Å². The predicted molar refractivity (Wildman–Crippen MR) is 111 cm³/mol. The molecule has 1 heterocycles. The molecule has 0 aromatic heterocycles. The van der Waals surface area contributed by atoms with Gasteiger partial charge in [-0.3, -0.25) is 4.90 Å². The topological polar surface area (TPSA) is 42.0 Å². The molecule has 0 unspecified atom stereocenters. The van der Waals surface area contributed by atoms with Crippen molar-refractivity contribution >= 4 is 5.97 Å². The molecule has 3 rings (SSSR count). The standard InChI is InChI=1S/C23H30N2O3/c1-3-28-23(26)21-8-4-19(5-9-21)12-13-24-14-16-25(17-15-24)18-20-6-10-22(27-2)11-7-20/h4-11H,3,12-18H2,1-2H3. The predicted octanol–water partition coefficient (Wildman–Crippen LogP) is 3.23. The molecule has 1 aliphatic rings. The van der Waals surface area contributed by atoms with Crippen molar-refractivity contribution in [1.82, 2.24) is 9.80 Å². The molecule has 2 aromatic carbocycles. The number of piperazine rings is 1. The van der Waals surface area contributed by atoms with Crippen molar-refractivity contribution in [3.8, 4) is 5.75 Å². The number of hydrogen-bond acceptors (Lipinski definition) is 5. The van der Waals surface area contributed by atoms with Gasteiger partial charge in [-0.15, -0.1) is 0 Å². The van der Waals surface area contributed by atoms with Crippen molar-refractivity contribution in [2.45, 2.75) is 19.9 Å². The van der Waals surface area contributed by atoms with E-state index in [1.54, 1.807) is 7.11 Å². The Balaban J connectivity index is 1.40. The first-order chi connectivity index (χ1) is 13.7. The average Bonchev–Trinajstić information content (AvgIpc) is 2.74. The Labute approximate surface area is 167 Å². The number of carbonyl (C=O) groups excluding carboxylic acids is 1. The zero-order chi connectivity index (χ0) is 19.8. The molecule has 0 radical (unpaired) electrons. The molecule has 1 aliphatic heterocycles. The summed E-state index contributed by atoms with van der Waals surface area (Å²) in [5.74, 6) is 0.658. The van der Waals surface area contributed by atoms with E-state index in [-0.39, 0.29) is 5.97 Å². The molecule has 0 saturated carbocycles. The molecule has 1 fully saturated rings. The number of esters is 1. The zero-order valence-corrected chi connectivity index (χ0v) is 16.9. The molecule has 0 N–H and O–H groups in total. The SMILES string of the molecule is CCOC(=O)c1ccc(CCN2CCN(Cc3ccc(OC)cc3)CC2)cc1. The minimum atomic E-state index is -0.248. The summed E-state index contributed by atoms with van der Waals surface area (Å²) in [6.07, 6.45) is 1.00. The first-order valence-corrected chi connectivity index (χ1v) is 10.0. The normalized spacial score (nSPS) is 15.4. The minimum absolute atomic E-state index is 0.248. The van der Waals surface area contributed by atoms with E-state index in [2.05, 4.69) is 21.9 Å². The molecule has 2 aromatic rings. The highest BCUT2D eigenvalue weighted by Gasteiger charge is 2.17. The van der Waals surface area contributed by atoms with E-state index < -0.39 is 0 Å². The summed E-state index contributed by atoms with van der Waals surface area (Å²) in [7, 11) is 1.70. The van der Waals surface area contributed by atoms with Gasteiger partial charge in [-0.2, -0.15) is 0 Å². The van der Waals surface area contributed by atoms with E-state index in [0.717, 1.165) is 51.4 Å². The van der Waals surface area contributed by atoms with Crippen LogP contribution < -0.4 is 4.74 Å². The van der Waals surface area contributed by atoms with Crippen LogP contribution in [0.15, 0.2) is 48.5 Å². The number of nitrogens with zero attached hydrogens (tertiary/aromatic N) is 2. The quantitative estimate of drug-likeness (QED) is 0.656. The lowest BCUT2D eigenvalue weighted by Gasteiger charge is -2.34. The maximum atomic E-state index is 11.7. The van der Waals surface area contributed by atoms with Crippen LogP contribution in [0.2, 0.25) is 0 Å². The van der Waals surface area contributed by atoms with Gasteiger partial charge in [0.2, 0.25) is 0 Å². The molecule has 0 amide bonds. The lowest BCUT2D eigenvalue weighted by molar-refractivity contribution is 0.0526. The van der Waals surface area contributed by atoms with Crippen LogP contribution in [0.25, 0.3) is 0 Å². The van der Waals surface area contributed by atoms with Crippen LogP contribution in [0.3, 0.4) is 0 Å². The van der Waals surface area contributed by atoms with Crippen LogP contribution in [0.5, 0.6) is 5.75 Å². The summed E-state index contributed by atoms with van der Waals surface area (Å²) < 4.78 is 10.3. The highest BCUT2D eigenvalue weighted by molar-refractivity contribution is 5.89. The van der Waals surface area contributed by atoms with Gasteiger partial charge in [0.25, 0.3) is 0 Å². The Morgan fingerprint density at radius 2 is 1.50 bits per heavy atom. The van der Waals surface area contributed by atoms with Crippen LogP contribution >= 0.6 is 0 Å². The molecule has 0 spiro atoms. The molecule has 150 valence electrons. The fourth-order valence-electron chi connectivity index (χ4n) is 3.47. The van der Waals surface area contributed by atoms with Crippen LogP contribution in [0.4, 0.5) is 0 Å². The van der Waals surface area contributed by atoms with E-state index in [0.29, 0.717) is 12.2 Å². The van der Waals surface area contributed by atoms with Gasteiger partial charge in [0.1, 0.15) is 5.75 Å². The fourth-order valence-corrected chi connectivity index (χ4v) is 3.47. The zero-order valence-electron chi connectivity index (χ0n) is 16.9. The number of rotatable bonds is 8. The molecule has 0 aliphatic carbocycles. The monoisotopic (exact) mass is 382 g/mol. The Bertz CT molecular complexity index is 735. The Hall–Kier alpha value is -2.37. The molecule has 0 atom stereocenters. The minimum Gasteiger partial charge on any atom is -0.497 e. The third-order valence-corrected chi connectivity index (χ3v) is 5.21. The third-order valence-electron chi connectivity index (χ3n) is 5.21. The van der Waals surface area contributed by atoms with Crippen molar-refractivity contribution in [2.75, 3.05) is 46.4 Å². The van der Waals surface area contributed by atoms with Crippen LogP contribution in [0, 0.1) is 0 Å². The number of hydrogen-bond donors (Lipinski definition) is 0. The largest absolute Gasteiger partial charge is 0.497 e. The van der Waals surface area contributed by atoms with Crippen LogP contribution in [0.1, 0.15) is 28.4 Å². The lowest BCUT2D eigenvalue weighted by Crippen LogP contribution is -2.46. The van der Waals surface area contributed by atoms with E-state index >= 15 is 0 Å². The highest BCUT2D eigenvalue weighted by atomic mass is 16.5. The van der Waals surface area contributed by atoms with Gasteiger partial charge in [-0.1, -0.05) is 24.3 Å². The maximum absolute atomic E-state index is 11.7. The van der Waals surface area contributed by atoms with Crippen molar-refractivity contribution < 1.29 is 14.3 Å².